The molecule has 1 unspecified atom stereocenters. The molecule has 0 bridgehead atoms. The summed E-state index contributed by atoms with van der Waals surface area (Å²) in [6, 6.07) is 14.6. The lowest BCUT2D eigenvalue weighted by Crippen LogP contribution is -2.52. The molecule has 0 spiro atoms. The van der Waals surface area contributed by atoms with Crippen molar-refractivity contribution in [3.8, 4) is 0 Å². The summed E-state index contributed by atoms with van der Waals surface area (Å²) >= 11 is 6.31. The van der Waals surface area contributed by atoms with Crippen molar-refractivity contribution >= 4 is 35.0 Å². The summed E-state index contributed by atoms with van der Waals surface area (Å²) in [5, 5.41) is 10.1. The van der Waals surface area contributed by atoms with E-state index in [1.165, 1.54) is 21.4 Å². The molecule has 0 saturated carbocycles. The topological polar surface area (TPSA) is 120 Å². The fourth-order valence-electron chi connectivity index (χ4n) is 7.41. The molecule has 0 radical (unpaired) electrons. The summed E-state index contributed by atoms with van der Waals surface area (Å²) in [6.07, 6.45) is 3.17. The Hall–Kier alpha value is -4.06. The van der Waals surface area contributed by atoms with Crippen molar-refractivity contribution < 1.29 is 14.4 Å². The summed E-state index contributed by atoms with van der Waals surface area (Å²) in [6.45, 7) is 5.01. The number of anilines is 1. The first kappa shape index (κ1) is 30.6. The molecule has 3 amide bonds. The third kappa shape index (κ3) is 5.94. The first-order valence-corrected chi connectivity index (χ1v) is 16.3. The number of likely N-dealkylation sites (N-methyl/N-ethyl adjacent to an activating group) is 1. The van der Waals surface area contributed by atoms with Crippen LogP contribution in [0.5, 0.6) is 0 Å². The predicted molar refractivity (Wildman–Crippen MR) is 174 cm³/mol. The van der Waals surface area contributed by atoms with Crippen molar-refractivity contribution in [2.75, 3.05) is 38.5 Å². The van der Waals surface area contributed by atoms with Crippen LogP contribution >= 0.6 is 11.6 Å². The van der Waals surface area contributed by atoms with E-state index in [1.807, 2.05) is 12.1 Å². The van der Waals surface area contributed by atoms with Crippen molar-refractivity contribution in [1.82, 2.24) is 29.8 Å². The number of hydrogen-bond acceptors (Lipinski definition) is 8. The summed E-state index contributed by atoms with van der Waals surface area (Å²) < 4.78 is 1.24. The number of aromatic nitrogens is 2. The second-order valence-electron chi connectivity index (χ2n) is 13.2. The lowest BCUT2D eigenvalue weighted by atomic mass is 9.87. The van der Waals surface area contributed by atoms with Gasteiger partial charge in [-0.2, -0.15) is 5.10 Å². The fraction of sp³-hybridized carbons (Fsp3) is 0.441. The van der Waals surface area contributed by atoms with Gasteiger partial charge in [-0.3, -0.25) is 29.4 Å². The molecule has 46 heavy (non-hydrogen) atoms. The van der Waals surface area contributed by atoms with Gasteiger partial charge >= 0.3 is 0 Å². The van der Waals surface area contributed by atoms with Crippen LogP contribution in [0.3, 0.4) is 0 Å². The lowest BCUT2D eigenvalue weighted by Gasteiger charge is -2.40. The van der Waals surface area contributed by atoms with Crippen LogP contribution in [0.2, 0.25) is 5.02 Å². The molecule has 5 heterocycles. The Kier molecular flexibility index (Phi) is 8.16. The maximum Gasteiger partial charge on any atom is 0.287 e. The number of carbonyl (C=O) groups excluding carboxylic acids is 3. The second-order valence-corrected chi connectivity index (χ2v) is 13.6. The fourth-order valence-corrected chi connectivity index (χ4v) is 7.63. The number of fused-ring (bicyclic) bond motifs is 1. The standard InChI is InChI=1S/C34H38ClN7O4/c1-39-15-23(12-26(19-39)37-28-13-36-40(2)34(46)31(28)35)21-5-3-20(4-6-21)14-41-16-25(17-41)22-7-8-27-24(11-22)18-42(33(27)45)29-9-10-30(43)38-32(29)44/h3-8,11,13,23,25-26,29,37H,9-10,12,14-19H2,1-2H3,(H,38,43,44)/t23-,26+,29?/m0/s1. The maximum absolute atomic E-state index is 13.0. The molecule has 3 atom stereocenters. The summed E-state index contributed by atoms with van der Waals surface area (Å²) in [5.41, 5.74) is 5.69. The predicted octanol–water partition coefficient (Wildman–Crippen LogP) is 2.69. The molecule has 2 N–H and O–H groups in total. The number of likely N-dealkylation sites (tertiary alicyclic amines) is 2. The molecule has 3 saturated heterocycles. The van der Waals surface area contributed by atoms with Crippen molar-refractivity contribution in [2.45, 2.75) is 56.3 Å². The maximum atomic E-state index is 13.0. The number of piperidine rings is 2. The number of hydrogen-bond donors (Lipinski definition) is 2. The van der Waals surface area contributed by atoms with Crippen molar-refractivity contribution in [2.24, 2.45) is 7.05 Å². The summed E-state index contributed by atoms with van der Waals surface area (Å²) in [4.78, 5) is 55.5. The summed E-state index contributed by atoms with van der Waals surface area (Å²) in [7, 11) is 3.71. The Morgan fingerprint density at radius 3 is 2.48 bits per heavy atom. The van der Waals surface area contributed by atoms with Crippen LogP contribution in [-0.4, -0.2) is 87.5 Å². The number of nitrogens with zero attached hydrogens (tertiary/aromatic N) is 5. The zero-order chi connectivity index (χ0) is 32.1. The van der Waals surface area contributed by atoms with Gasteiger partial charge in [-0.15, -0.1) is 0 Å². The van der Waals surface area contributed by atoms with Crippen LogP contribution in [0.15, 0.2) is 53.5 Å². The molecule has 12 heteroatoms. The van der Waals surface area contributed by atoms with Gasteiger partial charge < -0.3 is 15.1 Å². The molecule has 4 aliphatic rings. The van der Waals surface area contributed by atoms with Crippen molar-refractivity contribution in [3.05, 3.63) is 91.9 Å². The molecular formula is C34H38ClN7O4. The van der Waals surface area contributed by atoms with Gasteiger partial charge in [-0.05, 0) is 54.1 Å². The van der Waals surface area contributed by atoms with Gasteiger partial charge in [0.15, 0.2) is 0 Å². The number of imide groups is 1. The molecule has 3 fully saturated rings. The summed E-state index contributed by atoms with van der Waals surface area (Å²) in [5.74, 6) is -0.0328. The lowest BCUT2D eigenvalue weighted by molar-refractivity contribution is -0.136. The number of benzene rings is 2. The third-order valence-corrected chi connectivity index (χ3v) is 10.3. The quantitative estimate of drug-likeness (QED) is 0.377. The molecule has 4 aliphatic heterocycles. The van der Waals surface area contributed by atoms with E-state index < -0.39 is 6.04 Å². The highest BCUT2D eigenvalue weighted by Gasteiger charge is 2.40. The Morgan fingerprint density at radius 2 is 1.72 bits per heavy atom. The SMILES string of the molecule is CN1C[C@H](Nc2cnn(C)c(=O)c2Cl)C[C@H](c2ccc(CN3CC(c4ccc5c(c4)CN(C4CCC(=O)NC4=O)C5=O)C3)cc2)C1. The minimum absolute atomic E-state index is 0.133. The van der Waals surface area contributed by atoms with E-state index >= 15 is 0 Å². The Morgan fingerprint density at radius 1 is 0.957 bits per heavy atom. The van der Waals surface area contributed by atoms with Gasteiger partial charge in [0.2, 0.25) is 11.8 Å². The Balaban J connectivity index is 0.929. The van der Waals surface area contributed by atoms with Crippen molar-refractivity contribution in [3.63, 3.8) is 0 Å². The Bertz CT molecular complexity index is 1750. The van der Waals surface area contributed by atoms with Gasteiger partial charge in [-0.25, -0.2) is 4.68 Å². The average molecular weight is 644 g/mol. The number of nitrogens with one attached hydrogen (secondary N) is 2. The monoisotopic (exact) mass is 643 g/mol. The highest BCUT2D eigenvalue weighted by molar-refractivity contribution is 6.32. The third-order valence-electron chi connectivity index (χ3n) is 9.90. The molecular weight excluding hydrogens is 606 g/mol. The van der Waals surface area contributed by atoms with E-state index in [2.05, 4.69) is 62.9 Å². The largest absolute Gasteiger partial charge is 0.378 e. The highest BCUT2D eigenvalue weighted by Crippen LogP contribution is 2.34. The highest BCUT2D eigenvalue weighted by atomic mass is 35.5. The molecule has 1 aromatic heterocycles. The number of rotatable bonds is 7. The second kappa shape index (κ2) is 12.3. The van der Waals surface area contributed by atoms with Crippen LogP contribution < -0.4 is 16.2 Å². The van der Waals surface area contributed by atoms with E-state index in [1.54, 1.807) is 18.1 Å². The van der Waals surface area contributed by atoms with Gasteiger partial charge in [0.1, 0.15) is 11.1 Å². The first-order valence-electron chi connectivity index (χ1n) is 15.9. The van der Waals surface area contributed by atoms with Crippen LogP contribution in [-0.2, 0) is 29.7 Å². The molecule has 11 nitrogen and oxygen atoms in total. The van der Waals surface area contributed by atoms with E-state index in [9.17, 15) is 19.2 Å². The number of halogens is 1. The zero-order valence-corrected chi connectivity index (χ0v) is 26.8. The average Bonchev–Trinajstić information content (AvgIpc) is 3.34. The van der Waals surface area contributed by atoms with E-state index in [0.29, 0.717) is 36.1 Å². The number of amides is 3. The zero-order valence-electron chi connectivity index (χ0n) is 26.0. The molecule has 3 aromatic rings. The number of aryl methyl sites for hydroxylation is 1. The van der Waals surface area contributed by atoms with Gasteiger partial charge in [0.05, 0.1) is 11.9 Å². The first-order chi connectivity index (χ1) is 22.1. The molecule has 2 aromatic carbocycles. The van der Waals surface area contributed by atoms with Crippen LogP contribution in [0.1, 0.15) is 63.7 Å². The van der Waals surface area contributed by atoms with Crippen LogP contribution in [0.4, 0.5) is 5.69 Å². The molecule has 240 valence electrons. The van der Waals surface area contributed by atoms with Crippen molar-refractivity contribution in [1.29, 1.82) is 0 Å². The minimum Gasteiger partial charge on any atom is -0.378 e. The van der Waals surface area contributed by atoms with Crippen LogP contribution in [0.25, 0.3) is 0 Å². The normalized spacial score (nSPS) is 24.1. The molecule has 7 rings (SSSR count). The smallest absolute Gasteiger partial charge is 0.287 e. The van der Waals surface area contributed by atoms with Crippen LogP contribution in [0, 0.1) is 0 Å². The Labute approximate surface area is 272 Å². The van der Waals surface area contributed by atoms with E-state index in [-0.39, 0.29) is 40.8 Å². The van der Waals surface area contributed by atoms with Gasteiger partial charge in [0.25, 0.3) is 11.5 Å². The molecule has 0 aliphatic carbocycles. The van der Waals surface area contributed by atoms with Gasteiger partial charge in [0, 0.05) is 70.3 Å². The van der Waals surface area contributed by atoms with E-state index in [0.717, 1.165) is 44.7 Å². The van der Waals surface area contributed by atoms with Gasteiger partial charge in [-0.1, -0.05) is 48.0 Å². The minimum atomic E-state index is -0.591. The van der Waals surface area contributed by atoms with E-state index in [4.69, 9.17) is 11.6 Å². The number of carbonyl (C=O) groups is 3.